The van der Waals surface area contributed by atoms with Gasteiger partial charge in [-0.05, 0) is 38.1 Å². The second-order valence-electron chi connectivity index (χ2n) is 5.33. The zero-order valence-electron chi connectivity index (χ0n) is 14.4. The smallest absolute Gasteiger partial charge is 0.237 e. The van der Waals surface area contributed by atoms with E-state index in [1.807, 2.05) is 25.1 Å². The number of nitrogen functional groups attached to an aromatic ring is 1. The molecule has 8 nitrogen and oxygen atoms in total. The van der Waals surface area contributed by atoms with Gasteiger partial charge in [-0.3, -0.25) is 4.79 Å². The SMILES string of the molecule is CCOc1ccccc1NC(=O)[C@@H](C)Sc1nnc(-c2ccco2)n1N. The molecule has 0 aliphatic rings. The minimum atomic E-state index is -0.444. The Kier molecular flexibility index (Phi) is 5.47. The number of ether oxygens (including phenoxy) is 1. The summed E-state index contributed by atoms with van der Waals surface area (Å²) in [5.74, 6) is 7.36. The molecule has 9 heteroatoms. The van der Waals surface area contributed by atoms with Gasteiger partial charge in [0.2, 0.25) is 16.9 Å². The molecular weight excluding hydrogens is 354 g/mol. The van der Waals surface area contributed by atoms with Crippen LogP contribution in [0.2, 0.25) is 0 Å². The Morgan fingerprint density at radius 1 is 1.35 bits per heavy atom. The first-order chi connectivity index (χ1) is 12.6. The molecule has 1 amide bonds. The van der Waals surface area contributed by atoms with Crippen LogP contribution in [0.4, 0.5) is 5.69 Å². The van der Waals surface area contributed by atoms with E-state index >= 15 is 0 Å². The van der Waals surface area contributed by atoms with Gasteiger partial charge in [-0.2, -0.15) is 0 Å². The monoisotopic (exact) mass is 373 g/mol. The number of benzene rings is 1. The largest absolute Gasteiger partial charge is 0.492 e. The van der Waals surface area contributed by atoms with E-state index in [0.29, 0.717) is 34.8 Å². The van der Waals surface area contributed by atoms with Gasteiger partial charge in [-0.25, -0.2) is 4.68 Å². The second kappa shape index (κ2) is 7.96. The average Bonchev–Trinajstić information content (AvgIpc) is 3.27. The fraction of sp³-hybridized carbons (Fsp3) is 0.235. The number of nitrogens with zero attached hydrogens (tertiary/aromatic N) is 3. The van der Waals surface area contributed by atoms with Crippen molar-refractivity contribution in [2.24, 2.45) is 0 Å². The highest BCUT2D eigenvalue weighted by atomic mass is 32.2. The topological polar surface area (TPSA) is 108 Å². The van der Waals surface area contributed by atoms with Crippen molar-refractivity contribution in [3.05, 3.63) is 42.7 Å². The number of hydrogen-bond donors (Lipinski definition) is 2. The third-order valence-corrected chi connectivity index (χ3v) is 4.56. The second-order valence-corrected chi connectivity index (χ2v) is 6.64. The molecule has 2 heterocycles. The Morgan fingerprint density at radius 2 is 2.15 bits per heavy atom. The standard InChI is InChI=1S/C17H19N5O3S/c1-3-24-13-8-5-4-7-12(13)19-16(23)11(2)26-17-21-20-15(22(17)18)14-9-6-10-25-14/h4-11H,3,18H2,1-2H3,(H,19,23)/t11-/m1/s1. The molecule has 3 aromatic rings. The van der Waals surface area contributed by atoms with Crippen LogP contribution >= 0.6 is 11.8 Å². The van der Waals surface area contributed by atoms with Gasteiger partial charge in [0, 0.05) is 0 Å². The number of hydrogen-bond acceptors (Lipinski definition) is 7. The lowest BCUT2D eigenvalue weighted by Crippen LogP contribution is -2.24. The van der Waals surface area contributed by atoms with Crippen LogP contribution in [0.1, 0.15) is 13.8 Å². The van der Waals surface area contributed by atoms with E-state index in [-0.39, 0.29) is 5.91 Å². The number of para-hydroxylation sites is 2. The van der Waals surface area contributed by atoms with Crippen LogP contribution < -0.4 is 15.9 Å². The van der Waals surface area contributed by atoms with Gasteiger partial charge in [0.25, 0.3) is 0 Å². The van der Waals surface area contributed by atoms with Crippen LogP contribution in [0, 0.1) is 0 Å². The van der Waals surface area contributed by atoms with Crippen molar-refractivity contribution in [2.45, 2.75) is 24.3 Å². The van der Waals surface area contributed by atoms with E-state index in [1.165, 1.54) is 22.7 Å². The van der Waals surface area contributed by atoms with Crippen molar-refractivity contribution in [3.63, 3.8) is 0 Å². The highest BCUT2D eigenvalue weighted by molar-refractivity contribution is 8.00. The third kappa shape index (κ3) is 3.83. The predicted molar refractivity (Wildman–Crippen MR) is 99.4 cm³/mol. The van der Waals surface area contributed by atoms with E-state index in [9.17, 15) is 4.79 Å². The van der Waals surface area contributed by atoms with Gasteiger partial charge in [-0.1, -0.05) is 23.9 Å². The first kappa shape index (κ1) is 17.9. The van der Waals surface area contributed by atoms with Gasteiger partial charge in [0.05, 0.1) is 23.8 Å². The lowest BCUT2D eigenvalue weighted by molar-refractivity contribution is -0.115. The molecule has 3 rings (SSSR count). The summed E-state index contributed by atoms with van der Waals surface area (Å²) in [6, 6.07) is 10.8. The first-order valence-electron chi connectivity index (χ1n) is 8.04. The number of nitrogens with one attached hydrogen (secondary N) is 1. The molecule has 1 atom stereocenters. The van der Waals surface area contributed by atoms with Gasteiger partial charge >= 0.3 is 0 Å². The van der Waals surface area contributed by atoms with Crippen LogP contribution in [0.3, 0.4) is 0 Å². The fourth-order valence-corrected chi connectivity index (χ4v) is 3.00. The summed E-state index contributed by atoms with van der Waals surface area (Å²) in [5.41, 5.74) is 0.622. The number of thioether (sulfide) groups is 1. The summed E-state index contributed by atoms with van der Waals surface area (Å²) in [6.07, 6.45) is 1.53. The van der Waals surface area contributed by atoms with Gasteiger partial charge in [-0.15, -0.1) is 10.2 Å². The molecule has 0 saturated carbocycles. The maximum atomic E-state index is 12.5. The minimum absolute atomic E-state index is 0.190. The number of anilines is 1. The number of rotatable bonds is 7. The first-order valence-corrected chi connectivity index (χ1v) is 8.91. The maximum absolute atomic E-state index is 12.5. The van der Waals surface area contributed by atoms with Gasteiger partial charge in [0.1, 0.15) is 5.75 Å². The summed E-state index contributed by atoms with van der Waals surface area (Å²) >= 11 is 1.20. The van der Waals surface area contributed by atoms with Crippen LogP contribution in [-0.2, 0) is 4.79 Å². The zero-order valence-corrected chi connectivity index (χ0v) is 15.2. The average molecular weight is 373 g/mol. The quantitative estimate of drug-likeness (QED) is 0.484. The van der Waals surface area contributed by atoms with E-state index in [0.717, 1.165) is 0 Å². The number of carbonyl (C=O) groups is 1. The molecule has 0 fully saturated rings. The number of nitrogens with two attached hydrogens (primary N) is 1. The van der Waals surface area contributed by atoms with Gasteiger partial charge < -0.3 is 20.3 Å². The number of carbonyl (C=O) groups excluding carboxylic acids is 1. The molecule has 0 aliphatic carbocycles. The molecule has 1 aromatic carbocycles. The van der Waals surface area contributed by atoms with Crippen LogP contribution in [-0.4, -0.2) is 32.6 Å². The van der Waals surface area contributed by atoms with Gasteiger partial charge in [0.15, 0.2) is 5.76 Å². The van der Waals surface area contributed by atoms with Crippen molar-refractivity contribution in [1.29, 1.82) is 0 Å². The molecular formula is C17H19N5O3S. The highest BCUT2D eigenvalue weighted by Gasteiger charge is 2.21. The summed E-state index contributed by atoms with van der Waals surface area (Å²) in [6.45, 7) is 4.18. The number of aromatic nitrogens is 3. The number of amides is 1. The van der Waals surface area contributed by atoms with Crippen molar-refractivity contribution in [2.75, 3.05) is 17.8 Å². The Hall–Kier alpha value is -2.94. The van der Waals surface area contributed by atoms with Crippen molar-refractivity contribution < 1.29 is 13.9 Å². The Balaban J connectivity index is 1.69. The van der Waals surface area contributed by atoms with Crippen molar-refractivity contribution in [1.82, 2.24) is 14.9 Å². The molecule has 0 bridgehead atoms. The van der Waals surface area contributed by atoms with E-state index in [1.54, 1.807) is 25.1 Å². The molecule has 3 N–H and O–H groups in total. The summed E-state index contributed by atoms with van der Waals surface area (Å²) in [7, 11) is 0. The van der Waals surface area contributed by atoms with Crippen LogP contribution in [0.5, 0.6) is 5.75 Å². The normalized spacial score (nSPS) is 11.9. The van der Waals surface area contributed by atoms with E-state index in [2.05, 4.69) is 15.5 Å². The molecule has 136 valence electrons. The molecule has 2 aromatic heterocycles. The molecule has 0 saturated heterocycles. The Labute approximate surface area is 154 Å². The molecule has 26 heavy (non-hydrogen) atoms. The van der Waals surface area contributed by atoms with Crippen molar-refractivity contribution >= 4 is 23.4 Å². The molecule has 0 spiro atoms. The third-order valence-electron chi connectivity index (χ3n) is 3.50. The fourth-order valence-electron chi connectivity index (χ4n) is 2.23. The minimum Gasteiger partial charge on any atom is -0.492 e. The van der Waals surface area contributed by atoms with Crippen molar-refractivity contribution in [3.8, 4) is 17.3 Å². The molecule has 0 unspecified atom stereocenters. The van der Waals surface area contributed by atoms with E-state index < -0.39 is 5.25 Å². The maximum Gasteiger partial charge on any atom is 0.237 e. The summed E-state index contributed by atoms with van der Waals surface area (Å²) in [5, 5.41) is 10.9. The van der Waals surface area contributed by atoms with Crippen LogP contribution in [0.15, 0.2) is 52.2 Å². The number of furan rings is 1. The van der Waals surface area contributed by atoms with Crippen LogP contribution in [0.25, 0.3) is 11.6 Å². The zero-order chi connectivity index (χ0) is 18.5. The predicted octanol–water partition coefficient (Wildman–Crippen LogP) is 2.77. The Morgan fingerprint density at radius 3 is 2.88 bits per heavy atom. The summed E-state index contributed by atoms with van der Waals surface area (Å²) < 4.78 is 12.1. The lowest BCUT2D eigenvalue weighted by atomic mass is 10.3. The summed E-state index contributed by atoms with van der Waals surface area (Å²) in [4.78, 5) is 12.5. The molecule has 0 radical (unpaired) electrons. The molecule has 0 aliphatic heterocycles. The van der Waals surface area contributed by atoms with E-state index in [4.69, 9.17) is 15.0 Å². The lowest BCUT2D eigenvalue weighted by Gasteiger charge is -2.14. The highest BCUT2D eigenvalue weighted by Crippen LogP contribution is 2.28. The Bertz CT molecular complexity index is 878.